The lowest BCUT2D eigenvalue weighted by Crippen LogP contribution is -2.48. The second-order valence-corrected chi connectivity index (χ2v) is 10.1. The fraction of sp³-hybridized carbons (Fsp3) is 0.200. The maximum Gasteiger partial charge on any atom is 0.347 e. The number of hydrogen-bond donors (Lipinski definition) is 1. The predicted molar refractivity (Wildman–Crippen MR) is 128 cm³/mol. The van der Waals surface area contributed by atoms with Gasteiger partial charge in [0.05, 0.1) is 3.79 Å². The molecule has 1 unspecified atom stereocenters. The Hall–Kier alpha value is -2.32. The summed E-state index contributed by atoms with van der Waals surface area (Å²) in [6, 6.07) is 16.3. The average molecular weight is 516 g/mol. The highest BCUT2D eigenvalue weighted by molar-refractivity contribution is 9.11. The first-order valence-corrected chi connectivity index (χ1v) is 11.8. The third kappa shape index (κ3) is 3.73. The van der Waals surface area contributed by atoms with Gasteiger partial charge in [0.15, 0.2) is 5.72 Å². The molecule has 1 aliphatic carbocycles. The van der Waals surface area contributed by atoms with Crippen molar-refractivity contribution in [2.75, 3.05) is 7.05 Å². The summed E-state index contributed by atoms with van der Waals surface area (Å²) in [6.45, 7) is -2.48. The molecule has 164 valence electrons. The van der Waals surface area contributed by atoms with Crippen LogP contribution in [0, 0.1) is 0 Å². The molecule has 0 bridgehead atoms. The summed E-state index contributed by atoms with van der Waals surface area (Å²) in [5.41, 5.74) is 4.48. The quantitative estimate of drug-likeness (QED) is 0.363. The molecule has 7 heteroatoms. The number of nitrogens with one attached hydrogen (secondary N) is 1. The molecule has 2 aliphatic rings. The number of rotatable bonds is 5. The van der Waals surface area contributed by atoms with Crippen LogP contribution in [0.25, 0.3) is 27.1 Å². The van der Waals surface area contributed by atoms with Crippen molar-refractivity contribution in [1.82, 2.24) is 5.32 Å². The van der Waals surface area contributed by atoms with E-state index in [4.69, 9.17) is 9.47 Å². The van der Waals surface area contributed by atoms with E-state index in [9.17, 15) is 8.78 Å². The van der Waals surface area contributed by atoms with Crippen molar-refractivity contribution in [3.63, 3.8) is 0 Å². The van der Waals surface area contributed by atoms with Gasteiger partial charge in [-0.05, 0) is 63.9 Å². The Bertz CT molecular complexity index is 1240. The highest BCUT2D eigenvalue weighted by Crippen LogP contribution is 2.47. The minimum absolute atomic E-state index is 0.313. The SMILES string of the molecule is CNC1(OC(F)F)CC=CC=C1c1ccc2c(c1)COc1cccc(-c3ccc(Br)s3)c1-2. The van der Waals surface area contributed by atoms with Crippen LogP contribution in [-0.4, -0.2) is 19.4 Å². The van der Waals surface area contributed by atoms with Gasteiger partial charge in [-0.2, -0.15) is 8.78 Å². The zero-order valence-electron chi connectivity index (χ0n) is 17.2. The molecule has 0 radical (unpaired) electrons. The number of fused-ring (bicyclic) bond motifs is 3. The number of thiophene rings is 1. The Labute approximate surface area is 197 Å². The van der Waals surface area contributed by atoms with Gasteiger partial charge in [-0.3, -0.25) is 10.1 Å². The van der Waals surface area contributed by atoms with Crippen molar-refractivity contribution >= 4 is 32.8 Å². The number of alkyl halides is 2. The van der Waals surface area contributed by atoms with Crippen LogP contribution in [-0.2, 0) is 11.3 Å². The molecule has 3 nitrogen and oxygen atoms in total. The molecule has 0 saturated heterocycles. The summed E-state index contributed by atoms with van der Waals surface area (Å²) < 4.78 is 38.7. The Morgan fingerprint density at radius 1 is 1.16 bits per heavy atom. The van der Waals surface area contributed by atoms with Gasteiger partial charge in [-0.1, -0.05) is 42.5 Å². The summed E-state index contributed by atoms with van der Waals surface area (Å²) in [4.78, 5) is 1.15. The summed E-state index contributed by atoms with van der Waals surface area (Å²) in [7, 11) is 1.64. The van der Waals surface area contributed by atoms with Crippen LogP contribution in [0.3, 0.4) is 0 Å². The van der Waals surface area contributed by atoms with E-state index in [0.717, 1.165) is 42.2 Å². The number of ether oxygens (including phenoxy) is 2. The van der Waals surface area contributed by atoms with E-state index in [2.05, 4.69) is 39.4 Å². The van der Waals surface area contributed by atoms with Crippen LogP contribution in [0.15, 0.2) is 70.5 Å². The molecule has 0 fully saturated rings. The third-order valence-corrected chi connectivity index (χ3v) is 7.52. The van der Waals surface area contributed by atoms with Gasteiger partial charge in [0, 0.05) is 28.0 Å². The van der Waals surface area contributed by atoms with Crippen molar-refractivity contribution in [3.05, 3.63) is 81.7 Å². The maximum absolute atomic E-state index is 13.3. The normalized spacial score (nSPS) is 19.3. The number of allylic oxidation sites excluding steroid dienone is 2. The summed E-state index contributed by atoms with van der Waals surface area (Å²) >= 11 is 5.22. The smallest absolute Gasteiger partial charge is 0.347 e. The van der Waals surface area contributed by atoms with E-state index in [1.165, 1.54) is 0 Å². The van der Waals surface area contributed by atoms with Crippen molar-refractivity contribution in [3.8, 4) is 27.3 Å². The molecule has 1 aromatic heterocycles. The first-order chi connectivity index (χ1) is 15.5. The molecule has 32 heavy (non-hydrogen) atoms. The largest absolute Gasteiger partial charge is 0.488 e. The highest BCUT2D eigenvalue weighted by atomic mass is 79.9. The Morgan fingerprint density at radius 2 is 2.03 bits per heavy atom. The third-order valence-electron chi connectivity index (χ3n) is 5.87. The van der Waals surface area contributed by atoms with E-state index in [1.54, 1.807) is 18.4 Å². The van der Waals surface area contributed by atoms with Crippen molar-refractivity contribution in [2.45, 2.75) is 25.4 Å². The lowest BCUT2D eigenvalue weighted by atomic mass is 9.85. The van der Waals surface area contributed by atoms with Crippen molar-refractivity contribution in [2.24, 2.45) is 0 Å². The van der Waals surface area contributed by atoms with E-state index < -0.39 is 12.3 Å². The van der Waals surface area contributed by atoms with E-state index in [-0.39, 0.29) is 0 Å². The topological polar surface area (TPSA) is 30.5 Å². The molecule has 0 spiro atoms. The van der Waals surface area contributed by atoms with Gasteiger partial charge in [0.25, 0.3) is 0 Å². The minimum Gasteiger partial charge on any atom is -0.488 e. The summed E-state index contributed by atoms with van der Waals surface area (Å²) in [5.74, 6) is 0.845. The molecule has 5 rings (SSSR count). The molecule has 2 heterocycles. The minimum atomic E-state index is -2.89. The predicted octanol–water partition coefficient (Wildman–Crippen LogP) is 7.24. The summed E-state index contributed by atoms with van der Waals surface area (Å²) in [6.07, 6.45) is 5.84. The number of benzene rings is 2. The van der Waals surface area contributed by atoms with E-state index in [1.807, 2.05) is 48.6 Å². The highest BCUT2D eigenvalue weighted by Gasteiger charge is 2.38. The van der Waals surface area contributed by atoms with Gasteiger partial charge >= 0.3 is 6.61 Å². The van der Waals surface area contributed by atoms with E-state index in [0.29, 0.717) is 18.6 Å². The molecular formula is C25H20BrF2NO2S. The molecular weight excluding hydrogens is 496 g/mol. The van der Waals surface area contributed by atoms with Crippen LogP contribution in [0.2, 0.25) is 0 Å². The van der Waals surface area contributed by atoms with Gasteiger partial charge in [0.2, 0.25) is 0 Å². The van der Waals surface area contributed by atoms with Crippen molar-refractivity contribution < 1.29 is 18.3 Å². The molecule has 2 aromatic carbocycles. The number of likely N-dealkylation sites (N-methyl/N-ethyl adjacent to an activating group) is 1. The van der Waals surface area contributed by atoms with Gasteiger partial charge in [-0.25, -0.2) is 0 Å². The van der Waals surface area contributed by atoms with Crippen LogP contribution in [0.5, 0.6) is 5.75 Å². The van der Waals surface area contributed by atoms with Gasteiger partial charge in [0.1, 0.15) is 12.4 Å². The average Bonchev–Trinajstić information content (AvgIpc) is 3.24. The molecule has 0 saturated carbocycles. The molecule has 1 atom stereocenters. The zero-order valence-corrected chi connectivity index (χ0v) is 19.6. The molecule has 1 N–H and O–H groups in total. The second kappa shape index (κ2) is 8.56. The standard InChI is InChI=1S/C25H20BrF2NO2S/c1-29-25(31-24(27)28)12-3-2-6-19(25)15-8-9-17-16(13-15)14-30-20-7-4-5-18(23(17)20)21-10-11-22(26)32-21/h2-11,13,24,29H,12,14H2,1H3. The van der Waals surface area contributed by atoms with Crippen molar-refractivity contribution in [1.29, 1.82) is 0 Å². The maximum atomic E-state index is 13.3. The van der Waals surface area contributed by atoms with E-state index >= 15 is 0 Å². The summed E-state index contributed by atoms with van der Waals surface area (Å²) in [5, 5.41) is 2.97. The van der Waals surface area contributed by atoms with Gasteiger partial charge < -0.3 is 4.74 Å². The fourth-order valence-corrected chi connectivity index (χ4v) is 5.82. The Balaban J connectivity index is 1.61. The number of halogens is 3. The van der Waals surface area contributed by atoms with Crippen LogP contribution in [0.4, 0.5) is 8.78 Å². The van der Waals surface area contributed by atoms with Crippen LogP contribution < -0.4 is 10.1 Å². The monoisotopic (exact) mass is 515 g/mol. The lowest BCUT2D eigenvalue weighted by molar-refractivity contribution is -0.195. The molecule has 3 aromatic rings. The fourth-order valence-electron chi connectivity index (χ4n) is 4.41. The Morgan fingerprint density at radius 3 is 2.78 bits per heavy atom. The Kier molecular flexibility index (Phi) is 5.75. The first-order valence-electron chi connectivity index (χ1n) is 10.2. The van der Waals surface area contributed by atoms with Gasteiger partial charge in [-0.15, -0.1) is 11.3 Å². The first kappa shape index (κ1) is 21.5. The lowest BCUT2D eigenvalue weighted by Gasteiger charge is -2.37. The van der Waals surface area contributed by atoms with Crippen LogP contribution in [0.1, 0.15) is 17.5 Å². The molecule has 1 aliphatic heterocycles. The number of hydrogen-bond acceptors (Lipinski definition) is 4. The second-order valence-electron chi connectivity index (χ2n) is 7.61. The zero-order chi connectivity index (χ0) is 22.3. The molecule has 0 amide bonds. The van der Waals surface area contributed by atoms with Crippen LogP contribution >= 0.6 is 27.3 Å².